The van der Waals surface area contributed by atoms with E-state index >= 15 is 0 Å². The van der Waals surface area contributed by atoms with Gasteiger partial charge in [-0.25, -0.2) is 23.1 Å². The summed E-state index contributed by atoms with van der Waals surface area (Å²) in [4.78, 5) is 9.79. The van der Waals surface area contributed by atoms with Crippen LogP contribution in [0.3, 0.4) is 0 Å². The lowest BCUT2D eigenvalue weighted by Gasteiger charge is -2.36. The number of nitrogens with one attached hydrogen (secondary N) is 2. The molecular formula is C27H32N8O2S. The molecule has 2 unspecified atom stereocenters. The van der Waals surface area contributed by atoms with Crippen molar-refractivity contribution < 1.29 is 8.42 Å². The van der Waals surface area contributed by atoms with Crippen molar-refractivity contribution in [1.29, 1.82) is 0 Å². The summed E-state index contributed by atoms with van der Waals surface area (Å²) in [6, 6.07) is 8.41. The van der Waals surface area contributed by atoms with Crippen LogP contribution >= 0.6 is 0 Å². The van der Waals surface area contributed by atoms with E-state index in [0.29, 0.717) is 17.7 Å². The number of fused-ring (bicyclic) bond motifs is 2. The van der Waals surface area contributed by atoms with Crippen LogP contribution in [0.15, 0.2) is 55.2 Å². The summed E-state index contributed by atoms with van der Waals surface area (Å²) in [5.41, 5.74) is 4.87. The van der Waals surface area contributed by atoms with Gasteiger partial charge in [0, 0.05) is 67.0 Å². The number of hydrogen-bond donors (Lipinski definition) is 2. The Balaban J connectivity index is 1.33. The Hall–Kier alpha value is -3.57. The molecule has 2 saturated carbocycles. The molecule has 11 heteroatoms. The van der Waals surface area contributed by atoms with E-state index in [-0.39, 0.29) is 12.1 Å². The van der Waals surface area contributed by atoms with Crippen LogP contribution in [0.4, 0.5) is 5.82 Å². The zero-order chi connectivity index (χ0) is 26.4. The molecule has 2 atom stereocenters. The van der Waals surface area contributed by atoms with Crippen molar-refractivity contribution in [2.75, 3.05) is 11.6 Å². The van der Waals surface area contributed by atoms with Crippen molar-refractivity contribution >= 4 is 15.8 Å². The topological polar surface area (TPSA) is 120 Å². The van der Waals surface area contributed by atoms with Gasteiger partial charge in [-0.2, -0.15) is 10.2 Å². The van der Waals surface area contributed by atoms with Gasteiger partial charge in [0.2, 0.25) is 10.0 Å². The Bertz CT molecular complexity index is 1560. The fraction of sp³-hybridized carbons (Fsp3) is 0.407. The maximum atomic E-state index is 11.8. The van der Waals surface area contributed by atoms with Gasteiger partial charge >= 0.3 is 0 Å². The molecule has 0 amide bonds. The highest BCUT2D eigenvalue weighted by atomic mass is 32.2. The van der Waals surface area contributed by atoms with Gasteiger partial charge in [0.05, 0.1) is 18.6 Å². The number of hydrogen-bond acceptors (Lipinski definition) is 7. The fourth-order valence-electron chi connectivity index (χ4n) is 6.13. The molecule has 38 heavy (non-hydrogen) atoms. The first-order chi connectivity index (χ1) is 18.2. The molecule has 2 fully saturated rings. The molecule has 1 aromatic carbocycles. The first-order valence-corrected chi connectivity index (χ1v) is 14.8. The Morgan fingerprint density at radius 2 is 1.55 bits per heavy atom. The second-order valence-corrected chi connectivity index (χ2v) is 12.4. The molecule has 0 aliphatic heterocycles. The number of nitrogens with zero attached hydrogens (tertiary/aromatic N) is 6. The minimum atomic E-state index is -3.22. The van der Waals surface area contributed by atoms with Crippen LogP contribution in [-0.4, -0.2) is 56.3 Å². The SMILES string of the molecule is Cn1cc(-c2cccc(-c3ncc(-c4cnn(C)c4)c(NC4C5CCC4CC(NS(C)(=O)=O)C5)n3)c2)cn1. The lowest BCUT2D eigenvalue weighted by atomic mass is 9.81. The molecule has 0 saturated heterocycles. The minimum absolute atomic E-state index is 0.00507. The number of benzene rings is 1. The lowest BCUT2D eigenvalue weighted by molar-refractivity contribution is 0.277. The van der Waals surface area contributed by atoms with Crippen LogP contribution in [0.25, 0.3) is 33.6 Å². The summed E-state index contributed by atoms with van der Waals surface area (Å²) in [5, 5.41) is 12.4. The van der Waals surface area contributed by atoms with E-state index in [2.05, 4.69) is 32.4 Å². The molecule has 198 valence electrons. The van der Waals surface area contributed by atoms with Crippen molar-refractivity contribution in [3.8, 4) is 33.6 Å². The van der Waals surface area contributed by atoms with E-state index in [4.69, 9.17) is 9.97 Å². The average molecular weight is 533 g/mol. The molecule has 3 aromatic heterocycles. The molecule has 0 radical (unpaired) electrons. The zero-order valence-corrected chi connectivity index (χ0v) is 22.6. The van der Waals surface area contributed by atoms with Gasteiger partial charge in [0.1, 0.15) is 5.82 Å². The van der Waals surface area contributed by atoms with E-state index < -0.39 is 10.0 Å². The summed E-state index contributed by atoms with van der Waals surface area (Å²) in [6.45, 7) is 0. The standard InChI is InChI=1S/C27H32N8O2S/c1-34-15-21(12-29-34)17-5-4-6-20(9-17)26-28-14-24(22-13-30-35(2)16-22)27(32-26)31-25-18-7-8-19(25)11-23(10-18)33-38(3,36)37/h4-6,9,12-16,18-19,23,25,33H,7-8,10-11H2,1-3H3,(H,28,31,32). The van der Waals surface area contributed by atoms with Crippen molar-refractivity contribution in [1.82, 2.24) is 34.3 Å². The predicted molar refractivity (Wildman–Crippen MR) is 146 cm³/mol. The number of aryl methyl sites for hydroxylation is 2. The number of rotatable bonds is 7. The molecule has 2 N–H and O–H groups in total. The maximum absolute atomic E-state index is 11.8. The molecule has 0 spiro atoms. The molecule has 2 bridgehead atoms. The number of anilines is 1. The molecule has 3 heterocycles. The number of aromatic nitrogens is 6. The average Bonchev–Trinajstić information content (AvgIpc) is 3.56. The summed E-state index contributed by atoms with van der Waals surface area (Å²) >= 11 is 0. The second kappa shape index (κ2) is 9.63. The second-order valence-electron chi connectivity index (χ2n) is 10.7. The highest BCUT2D eigenvalue weighted by Gasteiger charge is 2.43. The number of sulfonamides is 1. The molecule has 2 aliphatic carbocycles. The van der Waals surface area contributed by atoms with E-state index in [1.165, 1.54) is 6.26 Å². The normalized spacial score (nSPS) is 23.0. The van der Waals surface area contributed by atoms with Gasteiger partial charge in [-0.1, -0.05) is 18.2 Å². The molecule has 4 aromatic rings. The van der Waals surface area contributed by atoms with Crippen LogP contribution < -0.4 is 10.0 Å². The molecule has 6 rings (SSSR count). The third-order valence-electron chi connectivity index (χ3n) is 7.75. The highest BCUT2D eigenvalue weighted by molar-refractivity contribution is 7.88. The Morgan fingerprint density at radius 1 is 0.895 bits per heavy atom. The van der Waals surface area contributed by atoms with E-state index in [9.17, 15) is 8.42 Å². The first kappa shape index (κ1) is 24.7. The van der Waals surface area contributed by atoms with E-state index in [1.807, 2.05) is 57.2 Å². The Kier molecular flexibility index (Phi) is 6.27. The molecule has 10 nitrogen and oxygen atoms in total. The third kappa shape index (κ3) is 5.08. The Labute approximate surface area is 222 Å². The predicted octanol–water partition coefficient (Wildman–Crippen LogP) is 3.46. The van der Waals surface area contributed by atoms with Crippen LogP contribution in [0.1, 0.15) is 25.7 Å². The minimum Gasteiger partial charge on any atom is -0.366 e. The van der Waals surface area contributed by atoms with E-state index in [1.54, 1.807) is 9.36 Å². The van der Waals surface area contributed by atoms with E-state index in [0.717, 1.165) is 59.3 Å². The summed E-state index contributed by atoms with van der Waals surface area (Å²) < 4.78 is 30.1. The van der Waals surface area contributed by atoms with Crippen molar-refractivity contribution in [3.05, 3.63) is 55.2 Å². The van der Waals surface area contributed by atoms with Crippen molar-refractivity contribution in [3.63, 3.8) is 0 Å². The van der Waals surface area contributed by atoms with Crippen molar-refractivity contribution in [2.24, 2.45) is 25.9 Å². The lowest BCUT2D eigenvalue weighted by Crippen LogP contribution is -2.45. The summed E-state index contributed by atoms with van der Waals surface area (Å²) in [7, 11) is 0.577. The molecule has 2 aliphatic rings. The monoisotopic (exact) mass is 532 g/mol. The quantitative estimate of drug-likeness (QED) is 0.374. The summed E-state index contributed by atoms with van der Waals surface area (Å²) in [6.07, 6.45) is 14.6. The van der Waals surface area contributed by atoms with Crippen LogP contribution in [0.5, 0.6) is 0 Å². The summed E-state index contributed by atoms with van der Waals surface area (Å²) in [5.74, 6) is 2.18. The molecular weight excluding hydrogens is 500 g/mol. The van der Waals surface area contributed by atoms with Gasteiger partial charge in [-0.15, -0.1) is 0 Å². The fourth-order valence-corrected chi connectivity index (χ4v) is 6.93. The van der Waals surface area contributed by atoms with Crippen LogP contribution in [0, 0.1) is 11.8 Å². The van der Waals surface area contributed by atoms with Gasteiger partial charge in [-0.3, -0.25) is 9.36 Å². The van der Waals surface area contributed by atoms with Gasteiger partial charge in [0.15, 0.2) is 5.82 Å². The van der Waals surface area contributed by atoms with Gasteiger partial charge < -0.3 is 5.32 Å². The Morgan fingerprint density at radius 3 is 2.18 bits per heavy atom. The first-order valence-electron chi connectivity index (χ1n) is 12.9. The van der Waals surface area contributed by atoms with Crippen LogP contribution in [-0.2, 0) is 24.1 Å². The zero-order valence-electron chi connectivity index (χ0n) is 21.7. The maximum Gasteiger partial charge on any atom is 0.208 e. The van der Waals surface area contributed by atoms with Crippen LogP contribution in [0.2, 0.25) is 0 Å². The largest absolute Gasteiger partial charge is 0.366 e. The smallest absolute Gasteiger partial charge is 0.208 e. The van der Waals surface area contributed by atoms with Crippen molar-refractivity contribution in [2.45, 2.75) is 37.8 Å². The van der Waals surface area contributed by atoms with Gasteiger partial charge in [-0.05, 0) is 49.1 Å². The highest BCUT2D eigenvalue weighted by Crippen LogP contribution is 2.44. The van der Waals surface area contributed by atoms with Gasteiger partial charge in [0.25, 0.3) is 0 Å². The third-order valence-corrected chi connectivity index (χ3v) is 8.51.